The van der Waals surface area contributed by atoms with Gasteiger partial charge in [-0.15, -0.1) is 0 Å². The molecule has 0 fully saturated rings. The number of hydrogen-bond donors (Lipinski definition) is 0. The average molecular weight is 750 g/mol. The number of furan rings is 1. The highest BCUT2D eigenvalue weighted by atomic mass is 16.3. The van der Waals surface area contributed by atoms with Crippen LogP contribution in [0.25, 0.3) is 110 Å². The average Bonchev–Trinajstić information content (AvgIpc) is 4.31. The van der Waals surface area contributed by atoms with Crippen LogP contribution < -0.4 is 0 Å². The molecule has 0 radical (unpaired) electrons. The quantitative estimate of drug-likeness (QED) is 0.172. The Kier molecular flexibility index (Phi) is 3.63. The lowest BCUT2D eigenvalue weighted by Crippen LogP contribution is -1.93. The third-order valence-electron chi connectivity index (χ3n) is 9.97. The molecule has 3 heteroatoms. The van der Waals surface area contributed by atoms with Crippen molar-refractivity contribution >= 4 is 65.6 Å². The SMILES string of the molecule is [2H]c1cc([2H])cc(-c2c([2H])cc(-c3c([2H])c([2H])c([2H])c4oc5c([2H])c(-n6c7cc([2H])c(-c8c([2H])c([2H])c([2H])c9c8c8cc([2H])c([2H])c([2H])c8n9-c8ccccc8)c([2H])c7c7c([2H])c([2H])c([2H])c([2H])c76)c([2H])c([2H])c5c34)c([2H])c2[2H])c1. The van der Waals surface area contributed by atoms with Crippen molar-refractivity contribution in [2.45, 2.75) is 0 Å². The van der Waals surface area contributed by atoms with Gasteiger partial charge in [0.1, 0.15) is 11.2 Å². The monoisotopic (exact) mass is 749 g/mol. The molecule has 12 aromatic rings. The maximum absolute atomic E-state index is 10.1. The van der Waals surface area contributed by atoms with E-state index in [-0.39, 0.29) is 100 Å². The van der Waals surface area contributed by atoms with E-state index in [0.717, 1.165) is 16.7 Å². The number of para-hydroxylation sites is 3. The lowest BCUT2D eigenvalue weighted by atomic mass is 9.97. The van der Waals surface area contributed by atoms with Gasteiger partial charge in [-0.2, -0.15) is 0 Å². The van der Waals surface area contributed by atoms with Crippen LogP contribution >= 0.6 is 0 Å². The van der Waals surface area contributed by atoms with Crippen molar-refractivity contribution in [1.29, 1.82) is 0 Å². The second kappa shape index (κ2) is 12.5. The number of fused-ring (bicyclic) bond motifs is 9. The molecule has 0 unspecified atom stereocenters. The second-order valence-electron chi connectivity index (χ2n) is 13.1. The lowest BCUT2D eigenvalue weighted by molar-refractivity contribution is 0.668. The standard InChI is InChI=1S/C54H34N2O/c1-3-13-35(14-4-1)36-25-27-37(28-26-36)41-20-12-24-51-54(41)45-31-30-40(34-52(45)57-51)56-47-21-9-7-17-43(47)46-33-38(29-32-49(46)56)42-19-11-23-50-53(42)44-18-8-10-22-48(44)55(50)39-15-5-2-6-16-39/h1-34H/i3D,4D,7D,8D,9D,10D,11D,12D,17D,19D,20D,21D,22D,23D,24D,25D,26D,27D,29D,30D,31D,33D,34D. The van der Waals surface area contributed by atoms with E-state index in [4.69, 9.17) is 22.2 Å². The van der Waals surface area contributed by atoms with Crippen molar-refractivity contribution in [2.75, 3.05) is 0 Å². The van der Waals surface area contributed by atoms with Crippen LogP contribution in [0.2, 0.25) is 0 Å². The van der Waals surface area contributed by atoms with Crippen LogP contribution in [0.3, 0.4) is 0 Å². The smallest absolute Gasteiger partial charge is 0.137 e. The summed E-state index contributed by atoms with van der Waals surface area (Å²) in [7, 11) is 0. The topological polar surface area (TPSA) is 23.0 Å². The van der Waals surface area contributed by atoms with Crippen LogP contribution in [0.4, 0.5) is 0 Å². The van der Waals surface area contributed by atoms with Crippen LogP contribution in [0, 0.1) is 0 Å². The van der Waals surface area contributed by atoms with Crippen molar-refractivity contribution in [3.63, 3.8) is 0 Å². The minimum atomic E-state index is -0.817. The summed E-state index contributed by atoms with van der Waals surface area (Å²) >= 11 is 0. The van der Waals surface area contributed by atoms with Gasteiger partial charge in [0.2, 0.25) is 0 Å². The zero-order valence-corrected chi connectivity index (χ0v) is 29.2. The Hall–Kier alpha value is -7.62. The molecule has 12 rings (SSSR count). The summed E-state index contributed by atoms with van der Waals surface area (Å²) in [5.74, 6) is 0. The number of aromatic nitrogens is 2. The summed E-state index contributed by atoms with van der Waals surface area (Å²) in [5.41, 5.74) is -3.30. The van der Waals surface area contributed by atoms with E-state index < -0.39 is 143 Å². The number of rotatable bonds is 5. The van der Waals surface area contributed by atoms with Crippen molar-refractivity contribution in [1.82, 2.24) is 9.13 Å². The van der Waals surface area contributed by atoms with Crippen LogP contribution in [0.15, 0.2) is 210 Å². The van der Waals surface area contributed by atoms with Crippen LogP contribution in [-0.4, -0.2) is 9.13 Å². The lowest BCUT2D eigenvalue weighted by Gasteiger charge is -2.10. The normalized spacial score (nSPS) is 17.5. The van der Waals surface area contributed by atoms with Gasteiger partial charge in [-0.25, -0.2) is 0 Å². The van der Waals surface area contributed by atoms with Crippen molar-refractivity contribution in [3.8, 4) is 44.8 Å². The predicted molar refractivity (Wildman–Crippen MR) is 239 cm³/mol. The summed E-state index contributed by atoms with van der Waals surface area (Å²) in [6.45, 7) is 0. The van der Waals surface area contributed by atoms with Crippen LogP contribution in [0.5, 0.6) is 0 Å². The first-order chi connectivity index (χ1) is 37.8. The molecule has 0 aliphatic carbocycles. The minimum Gasteiger partial charge on any atom is -0.456 e. The first kappa shape index (κ1) is 16.6. The highest BCUT2D eigenvalue weighted by molar-refractivity contribution is 6.18. The molecular formula is C54H34N2O. The van der Waals surface area contributed by atoms with Gasteiger partial charge in [0.25, 0.3) is 0 Å². The van der Waals surface area contributed by atoms with Crippen molar-refractivity contribution in [2.24, 2.45) is 0 Å². The van der Waals surface area contributed by atoms with Gasteiger partial charge >= 0.3 is 0 Å². The summed E-state index contributed by atoms with van der Waals surface area (Å²) in [6, 6.07) is 2.22. The summed E-state index contributed by atoms with van der Waals surface area (Å²) < 4.78 is 219. The zero-order valence-electron chi connectivity index (χ0n) is 52.2. The predicted octanol–water partition coefficient (Wildman–Crippen LogP) is 14.8. The van der Waals surface area contributed by atoms with Crippen molar-refractivity contribution < 1.29 is 35.9 Å². The Labute approximate surface area is 361 Å². The van der Waals surface area contributed by atoms with Gasteiger partial charge < -0.3 is 13.6 Å². The largest absolute Gasteiger partial charge is 0.456 e. The van der Waals surface area contributed by atoms with E-state index >= 15 is 0 Å². The highest BCUT2D eigenvalue weighted by Gasteiger charge is 2.19. The molecule has 3 nitrogen and oxygen atoms in total. The highest BCUT2D eigenvalue weighted by Crippen LogP contribution is 2.42. The third-order valence-corrected chi connectivity index (χ3v) is 9.97. The van der Waals surface area contributed by atoms with Crippen LogP contribution in [0.1, 0.15) is 31.5 Å². The maximum atomic E-state index is 10.1. The molecule has 0 N–H and O–H groups in total. The molecule has 9 aromatic carbocycles. The van der Waals surface area contributed by atoms with E-state index in [1.807, 2.05) is 0 Å². The molecule has 0 bridgehead atoms. The number of benzene rings is 9. The first-order valence-corrected chi connectivity index (χ1v) is 17.6. The zero-order chi connectivity index (χ0) is 57.5. The Balaban J connectivity index is 1.20. The molecule has 3 aromatic heterocycles. The molecule has 0 amide bonds. The van der Waals surface area contributed by atoms with Crippen molar-refractivity contribution in [3.05, 3.63) is 206 Å². The van der Waals surface area contributed by atoms with Crippen LogP contribution in [-0.2, 0) is 0 Å². The molecule has 0 spiro atoms. The molecule has 0 saturated carbocycles. The fourth-order valence-corrected chi connectivity index (χ4v) is 7.50. The summed E-state index contributed by atoms with van der Waals surface area (Å²) in [4.78, 5) is 0. The van der Waals surface area contributed by atoms with Gasteiger partial charge in [-0.3, -0.25) is 0 Å². The Bertz CT molecular complexity index is 4850. The van der Waals surface area contributed by atoms with Gasteiger partial charge in [0.15, 0.2) is 0 Å². The molecule has 266 valence electrons. The fourth-order valence-electron chi connectivity index (χ4n) is 7.50. The maximum Gasteiger partial charge on any atom is 0.137 e. The van der Waals surface area contributed by atoms with E-state index in [0.29, 0.717) is 5.69 Å². The Morgan fingerprint density at radius 2 is 1.09 bits per heavy atom. The van der Waals surface area contributed by atoms with E-state index in [9.17, 15) is 13.7 Å². The first-order valence-electron chi connectivity index (χ1n) is 29.1. The summed E-state index contributed by atoms with van der Waals surface area (Å²) in [6.07, 6.45) is 0. The van der Waals surface area contributed by atoms with Gasteiger partial charge in [-0.05, 0) is 93.9 Å². The fraction of sp³-hybridized carbons (Fsp3) is 0. The van der Waals surface area contributed by atoms with E-state index in [1.165, 1.54) is 28.8 Å². The second-order valence-corrected chi connectivity index (χ2v) is 13.1. The Morgan fingerprint density at radius 1 is 0.351 bits per heavy atom. The summed E-state index contributed by atoms with van der Waals surface area (Å²) in [5, 5.41) is -1.31. The molecule has 0 saturated heterocycles. The Morgan fingerprint density at radius 3 is 1.98 bits per heavy atom. The molecule has 0 aliphatic rings. The third kappa shape index (κ3) is 4.86. The van der Waals surface area contributed by atoms with E-state index in [2.05, 4.69) is 0 Å². The molecule has 0 atom stereocenters. The molecular weight excluding hydrogens is 693 g/mol. The van der Waals surface area contributed by atoms with Gasteiger partial charge in [0, 0.05) is 49.7 Å². The number of nitrogens with zero attached hydrogens (tertiary/aromatic N) is 2. The molecule has 0 aliphatic heterocycles. The van der Waals surface area contributed by atoms with Gasteiger partial charge in [0.05, 0.1) is 53.6 Å². The number of hydrogen-bond acceptors (Lipinski definition) is 1. The van der Waals surface area contributed by atoms with E-state index in [1.54, 1.807) is 30.3 Å². The molecule has 3 heterocycles. The van der Waals surface area contributed by atoms with Gasteiger partial charge in [-0.1, -0.05) is 139 Å². The molecule has 57 heavy (non-hydrogen) atoms. The minimum absolute atomic E-state index is 0.0220.